The van der Waals surface area contributed by atoms with Gasteiger partial charge in [0.05, 0.1) is 0 Å². The molecule has 4 aromatic carbocycles. The van der Waals surface area contributed by atoms with E-state index in [2.05, 4.69) is 65.6 Å². The van der Waals surface area contributed by atoms with Crippen molar-refractivity contribution in [3.8, 4) is 0 Å². The van der Waals surface area contributed by atoms with Crippen molar-refractivity contribution in [2.45, 2.75) is 19.6 Å². The quantitative estimate of drug-likeness (QED) is 0.297. The van der Waals surface area contributed by atoms with Gasteiger partial charge in [0.1, 0.15) is 0 Å². The summed E-state index contributed by atoms with van der Waals surface area (Å²) in [6.45, 7) is 2.57. The molecule has 3 heteroatoms. The fraction of sp³-hybridized carbons (Fsp3) is 0.107. The van der Waals surface area contributed by atoms with Crippen molar-refractivity contribution in [2.24, 2.45) is 0 Å². The van der Waals surface area contributed by atoms with Crippen molar-refractivity contribution in [1.82, 2.24) is 4.90 Å². The summed E-state index contributed by atoms with van der Waals surface area (Å²) in [6, 6.07) is 38.5. The second-order valence-corrected chi connectivity index (χ2v) is 7.51. The molecule has 0 aliphatic carbocycles. The molecular formula is C28H26ClNO. The third kappa shape index (κ3) is 6.39. The van der Waals surface area contributed by atoms with E-state index in [1.165, 1.54) is 16.7 Å². The molecule has 0 heterocycles. The molecule has 0 saturated carbocycles. The Bertz CT molecular complexity index is 1020. The minimum atomic E-state index is 0. The van der Waals surface area contributed by atoms with Crippen molar-refractivity contribution >= 4 is 18.2 Å². The fourth-order valence-corrected chi connectivity index (χ4v) is 3.63. The molecule has 0 spiro atoms. The van der Waals surface area contributed by atoms with E-state index in [4.69, 9.17) is 0 Å². The first kappa shape index (κ1) is 22.5. The van der Waals surface area contributed by atoms with Gasteiger partial charge in [0.2, 0.25) is 0 Å². The number of nitrogens with zero attached hydrogens (tertiary/aromatic N) is 1. The minimum Gasteiger partial charge on any atom is -0.291 e. The lowest BCUT2D eigenvalue weighted by Gasteiger charge is -2.23. The number of hydrogen-bond acceptors (Lipinski definition) is 2. The van der Waals surface area contributed by atoms with Crippen LogP contribution >= 0.6 is 12.4 Å². The van der Waals surface area contributed by atoms with Crippen molar-refractivity contribution in [3.05, 3.63) is 143 Å². The third-order valence-corrected chi connectivity index (χ3v) is 5.16. The maximum absolute atomic E-state index is 12.7. The molecular weight excluding hydrogens is 402 g/mol. The molecule has 0 aliphatic rings. The van der Waals surface area contributed by atoms with Gasteiger partial charge < -0.3 is 0 Å². The van der Waals surface area contributed by atoms with E-state index >= 15 is 0 Å². The number of halogens is 1. The van der Waals surface area contributed by atoms with E-state index in [9.17, 15) is 4.79 Å². The number of carbonyl (C=O) groups excluding carboxylic acids is 1. The lowest BCUT2D eigenvalue weighted by atomic mass is 10.0. The Balaban J connectivity index is 0.00000272. The molecule has 0 amide bonds. The molecule has 0 radical (unpaired) electrons. The summed E-state index contributed by atoms with van der Waals surface area (Å²) in [5, 5.41) is 0. The van der Waals surface area contributed by atoms with Gasteiger partial charge in [0.25, 0.3) is 0 Å². The average molecular weight is 428 g/mol. The molecule has 2 nitrogen and oxygen atoms in total. The van der Waals surface area contributed by atoms with Crippen LogP contribution in [0.2, 0.25) is 0 Å². The van der Waals surface area contributed by atoms with Crippen LogP contribution in [0, 0.1) is 0 Å². The number of benzene rings is 4. The van der Waals surface area contributed by atoms with Crippen LogP contribution in [0.1, 0.15) is 32.6 Å². The smallest absolute Gasteiger partial charge is 0.193 e. The van der Waals surface area contributed by atoms with Gasteiger partial charge in [-0.25, -0.2) is 0 Å². The standard InChI is InChI=1S/C28H25NO.ClH/c30-28(26-14-8-3-9-15-26)27-18-16-25(17-19-27)22-29(20-23-10-4-1-5-11-23)21-24-12-6-2-7-13-24;/h1-19H,20-22H2;1H. The molecule has 156 valence electrons. The van der Waals surface area contributed by atoms with Crippen LogP contribution in [0.3, 0.4) is 0 Å². The zero-order valence-corrected chi connectivity index (χ0v) is 18.2. The predicted molar refractivity (Wildman–Crippen MR) is 129 cm³/mol. The van der Waals surface area contributed by atoms with E-state index in [1.54, 1.807) is 0 Å². The first-order valence-corrected chi connectivity index (χ1v) is 10.3. The Hall–Kier alpha value is -3.20. The summed E-state index contributed by atoms with van der Waals surface area (Å²) >= 11 is 0. The molecule has 4 rings (SSSR count). The van der Waals surface area contributed by atoms with Crippen LogP contribution in [0.4, 0.5) is 0 Å². The maximum Gasteiger partial charge on any atom is 0.193 e. The Labute approximate surface area is 190 Å². The highest BCUT2D eigenvalue weighted by atomic mass is 35.5. The van der Waals surface area contributed by atoms with Gasteiger partial charge in [0.15, 0.2) is 5.78 Å². The number of ketones is 1. The molecule has 0 unspecified atom stereocenters. The molecule has 0 N–H and O–H groups in total. The van der Waals surface area contributed by atoms with Gasteiger partial charge in [-0.05, 0) is 16.7 Å². The zero-order valence-electron chi connectivity index (χ0n) is 17.4. The molecule has 0 aromatic heterocycles. The van der Waals surface area contributed by atoms with Crippen LogP contribution in [0.5, 0.6) is 0 Å². The number of hydrogen-bond donors (Lipinski definition) is 0. The van der Waals surface area contributed by atoms with Gasteiger partial charge in [-0.15, -0.1) is 12.4 Å². The summed E-state index contributed by atoms with van der Waals surface area (Å²) in [5.74, 6) is 0.0626. The maximum atomic E-state index is 12.7. The lowest BCUT2D eigenvalue weighted by molar-refractivity contribution is 0.103. The summed E-state index contributed by atoms with van der Waals surface area (Å²) in [7, 11) is 0. The van der Waals surface area contributed by atoms with Gasteiger partial charge in [0, 0.05) is 30.8 Å². The monoisotopic (exact) mass is 427 g/mol. The van der Waals surface area contributed by atoms with Crippen LogP contribution in [-0.4, -0.2) is 10.7 Å². The summed E-state index contributed by atoms with van der Waals surface area (Å²) < 4.78 is 0. The van der Waals surface area contributed by atoms with Crippen LogP contribution in [0.15, 0.2) is 115 Å². The predicted octanol–water partition coefficient (Wildman–Crippen LogP) is 6.54. The third-order valence-electron chi connectivity index (χ3n) is 5.16. The van der Waals surface area contributed by atoms with Crippen molar-refractivity contribution in [1.29, 1.82) is 0 Å². The van der Waals surface area contributed by atoms with Crippen LogP contribution < -0.4 is 0 Å². The van der Waals surface area contributed by atoms with Crippen molar-refractivity contribution in [3.63, 3.8) is 0 Å². The SMILES string of the molecule is Cl.O=C(c1ccccc1)c1ccc(CN(Cc2ccccc2)Cc2ccccc2)cc1. The first-order valence-electron chi connectivity index (χ1n) is 10.3. The van der Waals surface area contributed by atoms with Gasteiger partial charge in [-0.2, -0.15) is 0 Å². The van der Waals surface area contributed by atoms with Crippen molar-refractivity contribution < 1.29 is 4.79 Å². The van der Waals surface area contributed by atoms with E-state index in [1.807, 2.05) is 54.6 Å². The van der Waals surface area contributed by atoms with Crippen molar-refractivity contribution in [2.75, 3.05) is 0 Å². The summed E-state index contributed by atoms with van der Waals surface area (Å²) in [5.41, 5.74) is 5.24. The second kappa shape index (κ2) is 11.3. The Morgan fingerprint density at radius 2 is 0.839 bits per heavy atom. The van der Waals surface area contributed by atoms with E-state index in [0.717, 1.165) is 30.8 Å². The second-order valence-electron chi connectivity index (χ2n) is 7.51. The van der Waals surface area contributed by atoms with E-state index in [-0.39, 0.29) is 18.2 Å². The van der Waals surface area contributed by atoms with Gasteiger partial charge in [-0.1, -0.05) is 115 Å². The summed E-state index contributed by atoms with van der Waals surface area (Å²) in [4.78, 5) is 15.1. The highest BCUT2D eigenvalue weighted by molar-refractivity contribution is 6.08. The van der Waals surface area contributed by atoms with E-state index in [0.29, 0.717) is 0 Å². The number of carbonyl (C=O) groups is 1. The van der Waals surface area contributed by atoms with Gasteiger partial charge in [-0.3, -0.25) is 9.69 Å². The highest BCUT2D eigenvalue weighted by Crippen LogP contribution is 2.16. The molecule has 31 heavy (non-hydrogen) atoms. The zero-order chi connectivity index (χ0) is 20.6. The normalized spacial score (nSPS) is 10.5. The number of rotatable bonds is 8. The highest BCUT2D eigenvalue weighted by Gasteiger charge is 2.11. The molecule has 0 fully saturated rings. The average Bonchev–Trinajstić information content (AvgIpc) is 2.81. The Morgan fingerprint density at radius 1 is 0.484 bits per heavy atom. The topological polar surface area (TPSA) is 20.3 Å². The molecule has 0 atom stereocenters. The lowest BCUT2D eigenvalue weighted by Crippen LogP contribution is -2.22. The molecule has 0 bridgehead atoms. The fourth-order valence-electron chi connectivity index (χ4n) is 3.63. The molecule has 0 saturated heterocycles. The first-order chi connectivity index (χ1) is 14.8. The van der Waals surface area contributed by atoms with Gasteiger partial charge >= 0.3 is 0 Å². The van der Waals surface area contributed by atoms with E-state index < -0.39 is 0 Å². The largest absolute Gasteiger partial charge is 0.291 e. The summed E-state index contributed by atoms with van der Waals surface area (Å²) in [6.07, 6.45) is 0. The van der Waals surface area contributed by atoms with Crippen LogP contribution in [-0.2, 0) is 19.6 Å². The van der Waals surface area contributed by atoms with Crippen LogP contribution in [0.25, 0.3) is 0 Å². The Morgan fingerprint density at radius 3 is 1.29 bits per heavy atom. The molecule has 4 aromatic rings. The minimum absolute atomic E-state index is 0. The Kier molecular flexibility index (Phi) is 8.17. The molecule has 0 aliphatic heterocycles.